The smallest absolute Gasteiger partial charge is 0.389 e. The second-order valence-electron chi connectivity index (χ2n) is 0.506. The monoisotopic (exact) mass is 91.0 g/mol. The molecule has 0 aliphatic carbocycles. The first-order valence-corrected chi connectivity index (χ1v) is 1.12. The van der Waals surface area contributed by atoms with Gasteiger partial charge in [-0.1, -0.05) is 0 Å². The Labute approximate surface area is 33.7 Å². The van der Waals surface area contributed by atoms with Gasteiger partial charge in [-0.3, -0.25) is 0 Å². The van der Waals surface area contributed by atoms with Crippen molar-refractivity contribution < 1.29 is 14.8 Å². The summed E-state index contributed by atoms with van der Waals surface area (Å²) in [5.74, 6) is 0. The molecule has 0 radical (unpaired) electrons. The van der Waals surface area contributed by atoms with Gasteiger partial charge in [0.15, 0.2) is 0 Å². The minimum Gasteiger partial charge on any atom is -0.389 e. The standard InChI is InChI=1S/BH2NO4/c3-1(4)6-2-5/h3-4H. The Morgan fingerprint density at radius 3 is 2.17 bits per heavy atom. The molecule has 0 aliphatic rings. The van der Waals surface area contributed by atoms with E-state index in [4.69, 9.17) is 15.0 Å². The van der Waals surface area contributed by atoms with E-state index in [1.54, 1.807) is 5.34 Å². The molecule has 0 aromatic rings. The van der Waals surface area contributed by atoms with Crippen molar-refractivity contribution in [1.82, 2.24) is 0 Å². The normalized spacial score (nSPS) is 7.00. The molecule has 0 saturated heterocycles. The molecule has 0 rings (SSSR count). The van der Waals surface area contributed by atoms with Gasteiger partial charge in [0.25, 0.3) is 0 Å². The molecule has 34 valence electrons. The molecular weight excluding hydrogens is 88.8 g/mol. The second kappa shape index (κ2) is 2.61. The van der Waals surface area contributed by atoms with Crippen LogP contribution in [0.25, 0.3) is 0 Å². The van der Waals surface area contributed by atoms with Crippen molar-refractivity contribution in [2.24, 2.45) is 5.34 Å². The SMILES string of the molecule is O=NOB(O)O. The maximum absolute atomic E-state index is 8.82. The van der Waals surface area contributed by atoms with Crippen LogP contribution in [0.3, 0.4) is 0 Å². The molecule has 2 N–H and O–H groups in total. The van der Waals surface area contributed by atoms with Crippen molar-refractivity contribution in [3.63, 3.8) is 0 Å². The highest BCUT2D eigenvalue weighted by Crippen LogP contribution is 1.70. The van der Waals surface area contributed by atoms with Crippen LogP contribution in [0.15, 0.2) is 5.34 Å². The van der Waals surface area contributed by atoms with Crippen LogP contribution in [0, 0.1) is 4.91 Å². The van der Waals surface area contributed by atoms with Crippen LogP contribution in [-0.2, 0) is 4.76 Å². The summed E-state index contributed by atoms with van der Waals surface area (Å²) in [7, 11) is -2.08. The van der Waals surface area contributed by atoms with Gasteiger partial charge in [-0.25, -0.2) is 0 Å². The first-order chi connectivity index (χ1) is 2.77. The molecule has 0 fully saturated rings. The lowest BCUT2D eigenvalue weighted by Gasteiger charge is -1.83. The summed E-state index contributed by atoms with van der Waals surface area (Å²) < 4.78 is 3.22. The molecule has 0 unspecified atom stereocenters. The summed E-state index contributed by atoms with van der Waals surface area (Å²) in [5.41, 5.74) is 0. The summed E-state index contributed by atoms with van der Waals surface area (Å²) in [6, 6.07) is 0. The number of rotatable bonds is 2. The maximum Gasteiger partial charge on any atom is 0.731 e. The van der Waals surface area contributed by atoms with E-state index in [9.17, 15) is 0 Å². The Morgan fingerprint density at radius 2 is 2.17 bits per heavy atom. The Hall–Kier alpha value is -0.615. The van der Waals surface area contributed by atoms with E-state index in [2.05, 4.69) is 4.76 Å². The Balaban J connectivity index is 2.81. The quantitative estimate of drug-likeness (QED) is 0.250. The van der Waals surface area contributed by atoms with Crippen LogP contribution in [0.2, 0.25) is 0 Å². The van der Waals surface area contributed by atoms with Crippen molar-refractivity contribution in [3.05, 3.63) is 4.91 Å². The van der Waals surface area contributed by atoms with Gasteiger partial charge in [0.1, 0.15) is 5.34 Å². The van der Waals surface area contributed by atoms with Crippen molar-refractivity contribution in [1.29, 1.82) is 0 Å². The molecule has 6 heavy (non-hydrogen) atoms. The molecule has 0 aromatic carbocycles. The van der Waals surface area contributed by atoms with Crippen LogP contribution in [0.1, 0.15) is 0 Å². The zero-order valence-electron chi connectivity index (χ0n) is 2.74. The van der Waals surface area contributed by atoms with Gasteiger partial charge < -0.3 is 14.8 Å². The van der Waals surface area contributed by atoms with Crippen LogP contribution < -0.4 is 0 Å². The summed E-state index contributed by atoms with van der Waals surface area (Å²) in [6.07, 6.45) is 0. The maximum atomic E-state index is 8.82. The summed E-state index contributed by atoms with van der Waals surface area (Å²) >= 11 is 0. The van der Waals surface area contributed by atoms with Crippen LogP contribution in [0.5, 0.6) is 0 Å². The van der Waals surface area contributed by atoms with E-state index >= 15 is 0 Å². The van der Waals surface area contributed by atoms with E-state index < -0.39 is 7.32 Å². The molecule has 0 saturated carbocycles. The summed E-state index contributed by atoms with van der Waals surface area (Å²) in [5, 5.41) is 16.9. The van der Waals surface area contributed by atoms with Crippen molar-refractivity contribution in [2.45, 2.75) is 0 Å². The zero-order valence-corrected chi connectivity index (χ0v) is 2.74. The predicted octanol–water partition coefficient (Wildman–Crippen LogP) is -1.35. The third-order valence-corrected chi connectivity index (χ3v) is 0.137. The fourth-order valence-corrected chi connectivity index (χ4v) is 0.0385. The van der Waals surface area contributed by atoms with E-state index in [0.717, 1.165) is 0 Å². The van der Waals surface area contributed by atoms with Crippen molar-refractivity contribution in [2.75, 3.05) is 0 Å². The lowest BCUT2D eigenvalue weighted by molar-refractivity contribution is 0.191. The highest BCUT2D eigenvalue weighted by molar-refractivity contribution is 6.32. The van der Waals surface area contributed by atoms with Gasteiger partial charge in [0, 0.05) is 0 Å². The first kappa shape index (κ1) is 5.38. The largest absolute Gasteiger partial charge is 0.731 e. The minimum absolute atomic E-state index is 1.69. The van der Waals surface area contributed by atoms with Gasteiger partial charge in [0.05, 0.1) is 0 Å². The first-order valence-electron chi connectivity index (χ1n) is 1.12. The fourth-order valence-electron chi connectivity index (χ4n) is 0.0385. The van der Waals surface area contributed by atoms with Crippen LogP contribution >= 0.6 is 0 Å². The minimum atomic E-state index is -2.08. The average Bonchev–Trinajstić information content (AvgIpc) is 1.35. The molecule has 0 heterocycles. The topological polar surface area (TPSA) is 79.1 Å². The van der Waals surface area contributed by atoms with Gasteiger partial charge in [-0.05, 0) is 0 Å². The van der Waals surface area contributed by atoms with E-state index in [1.807, 2.05) is 0 Å². The Bertz CT molecular complexity index is 42.8. The molecule has 0 bridgehead atoms. The predicted molar refractivity (Wildman–Crippen MR) is 17.1 cm³/mol. The van der Waals surface area contributed by atoms with Gasteiger partial charge in [0.2, 0.25) is 0 Å². The third kappa shape index (κ3) is 3.38. The number of nitrogens with zero attached hydrogens (tertiary/aromatic N) is 1. The van der Waals surface area contributed by atoms with Crippen LogP contribution in [-0.4, -0.2) is 17.4 Å². The lowest BCUT2D eigenvalue weighted by atomic mass is 10.3. The molecule has 0 aliphatic heterocycles. The molecule has 5 nitrogen and oxygen atoms in total. The molecule has 0 atom stereocenters. The van der Waals surface area contributed by atoms with E-state index in [-0.39, 0.29) is 0 Å². The summed E-state index contributed by atoms with van der Waals surface area (Å²) in [6.45, 7) is 0. The van der Waals surface area contributed by atoms with Crippen molar-refractivity contribution >= 4 is 7.32 Å². The van der Waals surface area contributed by atoms with E-state index in [0.29, 0.717) is 0 Å². The highest BCUT2D eigenvalue weighted by Gasteiger charge is 2.08. The van der Waals surface area contributed by atoms with Gasteiger partial charge >= 0.3 is 7.32 Å². The number of hydrogen-bond donors (Lipinski definition) is 2. The Kier molecular flexibility index (Phi) is 2.35. The average molecular weight is 90.8 g/mol. The Morgan fingerprint density at radius 1 is 1.67 bits per heavy atom. The van der Waals surface area contributed by atoms with Gasteiger partial charge in [-0.2, -0.15) is 0 Å². The van der Waals surface area contributed by atoms with Crippen molar-refractivity contribution in [3.8, 4) is 0 Å². The van der Waals surface area contributed by atoms with Gasteiger partial charge in [-0.15, -0.1) is 4.91 Å². The molecule has 0 amide bonds. The molecule has 0 spiro atoms. The zero-order chi connectivity index (χ0) is 4.99. The van der Waals surface area contributed by atoms with E-state index in [1.165, 1.54) is 0 Å². The molecular formula is H2BNO4. The summed E-state index contributed by atoms with van der Waals surface area (Å²) in [4.78, 5) is 8.82. The van der Waals surface area contributed by atoms with Crippen LogP contribution in [0.4, 0.5) is 0 Å². The number of hydrogen-bond acceptors (Lipinski definition) is 5. The molecule has 0 aromatic heterocycles. The second-order valence-corrected chi connectivity index (χ2v) is 0.506. The third-order valence-electron chi connectivity index (χ3n) is 0.137. The highest BCUT2D eigenvalue weighted by atomic mass is 16.8. The lowest BCUT2D eigenvalue weighted by Crippen LogP contribution is -2.11. The fraction of sp³-hybridized carbons (Fsp3) is 0. The molecule has 6 heteroatoms.